The smallest absolute Gasteiger partial charge is 0.361 e. The second-order valence-corrected chi connectivity index (χ2v) is 6.53. The van der Waals surface area contributed by atoms with Crippen molar-refractivity contribution in [2.75, 3.05) is 18.6 Å². The maximum Gasteiger partial charge on any atom is 0.361 e. The zero-order valence-electron chi connectivity index (χ0n) is 16.6. The molecule has 1 heterocycles. The van der Waals surface area contributed by atoms with Crippen molar-refractivity contribution in [2.45, 2.75) is 13.0 Å². The molecule has 1 N–H and O–H groups in total. The first-order valence-electron chi connectivity index (χ1n) is 9.25. The molecular formula is C22H23N3O4. The fraction of sp³-hybridized carbons (Fsp3) is 0.227. The van der Waals surface area contributed by atoms with Gasteiger partial charge in [-0.2, -0.15) is 0 Å². The summed E-state index contributed by atoms with van der Waals surface area (Å²) < 4.78 is 6.16. The first kappa shape index (κ1) is 20.1. The molecule has 0 spiro atoms. The SMILES string of the molecule is CCOC(=O)c1nc(N(C)C(c2ccccc2)c2ccccc2)n(C)c(=O)c1O. The molecule has 0 saturated heterocycles. The van der Waals surface area contributed by atoms with Crippen molar-refractivity contribution in [1.82, 2.24) is 9.55 Å². The fourth-order valence-corrected chi connectivity index (χ4v) is 3.26. The third-order valence-electron chi connectivity index (χ3n) is 4.65. The normalized spacial score (nSPS) is 10.8. The molecule has 0 unspecified atom stereocenters. The standard InChI is InChI=1S/C22H23N3O4/c1-4-29-21(28)17-19(26)20(27)25(3)22(23-17)24(2)18(15-11-7-5-8-12-15)16-13-9-6-10-14-16/h5-14,18,26H,4H2,1-3H3. The largest absolute Gasteiger partial charge is 0.501 e. The summed E-state index contributed by atoms with van der Waals surface area (Å²) in [7, 11) is 3.29. The molecule has 3 aromatic rings. The van der Waals surface area contributed by atoms with Crippen LogP contribution in [0.4, 0.5) is 5.95 Å². The van der Waals surface area contributed by atoms with E-state index in [9.17, 15) is 14.7 Å². The number of benzene rings is 2. The first-order valence-corrected chi connectivity index (χ1v) is 9.25. The number of nitrogens with zero attached hydrogens (tertiary/aromatic N) is 3. The molecule has 0 fully saturated rings. The Morgan fingerprint density at radius 1 is 1.10 bits per heavy atom. The minimum Gasteiger partial charge on any atom is -0.501 e. The van der Waals surface area contributed by atoms with Gasteiger partial charge in [-0.05, 0) is 18.1 Å². The highest BCUT2D eigenvalue weighted by atomic mass is 16.5. The van der Waals surface area contributed by atoms with Gasteiger partial charge in [0.2, 0.25) is 11.7 Å². The van der Waals surface area contributed by atoms with Gasteiger partial charge >= 0.3 is 5.97 Å². The van der Waals surface area contributed by atoms with Crippen molar-refractivity contribution in [3.8, 4) is 5.75 Å². The molecule has 0 aliphatic rings. The van der Waals surface area contributed by atoms with Crippen molar-refractivity contribution in [1.29, 1.82) is 0 Å². The number of esters is 1. The molecule has 0 radical (unpaired) electrons. The fourth-order valence-electron chi connectivity index (χ4n) is 3.26. The second kappa shape index (κ2) is 8.60. The van der Waals surface area contributed by atoms with E-state index in [0.717, 1.165) is 11.1 Å². The third kappa shape index (κ3) is 3.99. The lowest BCUT2D eigenvalue weighted by atomic mass is 9.98. The van der Waals surface area contributed by atoms with Crippen LogP contribution in [0.15, 0.2) is 65.5 Å². The van der Waals surface area contributed by atoms with Crippen molar-refractivity contribution in [2.24, 2.45) is 7.05 Å². The van der Waals surface area contributed by atoms with Crippen LogP contribution in [0.1, 0.15) is 34.6 Å². The Morgan fingerprint density at radius 2 is 1.62 bits per heavy atom. The van der Waals surface area contributed by atoms with E-state index in [1.807, 2.05) is 60.7 Å². The summed E-state index contributed by atoms with van der Waals surface area (Å²) in [5.74, 6) is -1.33. The molecule has 0 saturated carbocycles. The number of carbonyl (C=O) groups excluding carboxylic acids is 1. The van der Waals surface area contributed by atoms with Gasteiger partial charge in [-0.1, -0.05) is 60.7 Å². The van der Waals surface area contributed by atoms with Gasteiger partial charge in [0.1, 0.15) is 0 Å². The van der Waals surface area contributed by atoms with E-state index in [2.05, 4.69) is 4.98 Å². The van der Waals surface area contributed by atoms with Crippen LogP contribution in [0.2, 0.25) is 0 Å². The Labute approximate surface area is 168 Å². The molecule has 29 heavy (non-hydrogen) atoms. The van der Waals surface area contributed by atoms with Crippen LogP contribution in [0.25, 0.3) is 0 Å². The molecule has 0 atom stereocenters. The predicted molar refractivity (Wildman–Crippen MR) is 110 cm³/mol. The average Bonchev–Trinajstić information content (AvgIpc) is 2.74. The van der Waals surface area contributed by atoms with E-state index in [1.54, 1.807) is 18.9 Å². The highest BCUT2D eigenvalue weighted by molar-refractivity contribution is 5.90. The lowest BCUT2D eigenvalue weighted by Gasteiger charge is -2.31. The Balaban J connectivity index is 2.17. The maximum absolute atomic E-state index is 12.6. The molecule has 0 bridgehead atoms. The Morgan fingerprint density at radius 3 is 2.10 bits per heavy atom. The van der Waals surface area contributed by atoms with Gasteiger partial charge in [0.25, 0.3) is 5.56 Å². The lowest BCUT2D eigenvalue weighted by molar-refractivity contribution is 0.0515. The monoisotopic (exact) mass is 393 g/mol. The Bertz CT molecular complexity index is 1010. The summed E-state index contributed by atoms with van der Waals surface area (Å²) in [5.41, 5.74) is 0.865. The van der Waals surface area contributed by atoms with Crippen molar-refractivity contribution in [3.63, 3.8) is 0 Å². The number of hydrogen-bond acceptors (Lipinski definition) is 6. The number of aromatic hydroxyl groups is 1. The molecule has 0 amide bonds. The molecule has 0 aliphatic heterocycles. The molecular weight excluding hydrogens is 370 g/mol. The van der Waals surface area contributed by atoms with E-state index in [-0.39, 0.29) is 18.6 Å². The molecule has 0 aliphatic carbocycles. The number of hydrogen-bond donors (Lipinski definition) is 1. The molecule has 7 heteroatoms. The number of carbonyl (C=O) groups is 1. The zero-order chi connectivity index (χ0) is 21.0. The Kier molecular flexibility index (Phi) is 5.97. The molecule has 3 rings (SSSR count). The van der Waals surface area contributed by atoms with Gasteiger partial charge in [0.05, 0.1) is 12.6 Å². The highest BCUT2D eigenvalue weighted by Crippen LogP contribution is 2.31. The highest BCUT2D eigenvalue weighted by Gasteiger charge is 2.27. The van der Waals surface area contributed by atoms with Gasteiger partial charge in [-0.25, -0.2) is 9.78 Å². The summed E-state index contributed by atoms with van der Waals surface area (Å²) in [6, 6.07) is 19.3. The number of ether oxygens (including phenoxy) is 1. The quantitative estimate of drug-likeness (QED) is 0.648. The topological polar surface area (TPSA) is 84.7 Å². The summed E-state index contributed by atoms with van der Waals surface area (Å²) in [5, 5.41) is 10.1. The van der Waals surface area contributed by atoms with Gasteiger partial charge in [0, 0.05) is 14.1 Å². The number of rotatable bonds is 6. The van der Waals surface area contributed by atoms with Crippen LogP contribution in [-0.4, -0.2) is 34.3 Å². The van der Waals surface area contributed by atoms with E-state index in [4.69, 9.17) is 4.74 Å². The number of aromatic nitrogens is 2. The van der Waals surface area contributed by atoms with Crippen LogP contribution >= 0.6 is 0 Å². The van der Waals surface area contributed by atoms with Crippen LogP contribution in [-0.2, 0) is 11.8 Å². The van der Waals surface area contributed by atoms with Crippen LogP contribution in [0.3, 0.4) is 0 Å². The molecule has 150 valence electrons. The molecule has 2 aromatic carbocycles. The third-order valence-corrected chi connectivity index (χ3v) is 4.65. The summed E-state index contributed by atoms with van der Waals surface area (Å²) in [6.07, 6.45) is 0. The summed E-state index contributed by atoms with van der Waals surface area (Å²) in [6.45, 7) is 1.75. The average molecular weight is 393 g/mol. The van der Waals surface area contributed by atoms with Crippen molar-refractivity contribution in [3.05, 3.63) is 87.8 Å². The summed E-state index contributed by atoms with van der Waals surface area (Å²) >= 11 is 0. The van der Waals surface area contributed by atoms with Crippen molar-refractivity contribution >= 4 is 11.9 Å². The van der Waals surface area contributed by atoms with Gasteiger partial charge < -0.3 is 14.7 Å². The number of anilines is 1. The van der Waals surface area contributed by atoms with Crippen LogP contribution in [0, 0.1) is 0 Å². The van der Waals surface area contributed by atoms with Gasteiger partial charge in [-0.3, -0.25) is 9.36 Å². The first-order chi connectivity index (χ1) is 14.0. The molecule has 7 nitrogen and oxygen atoms in total. The second-order valence-electron chi connectivity index (χ2n) is 6.53. The lowest BCUT2D eigenvalue weighted by Crippen LogP contribution is -2.33. The minimum atomic E-state index is -0.840. The van der Waals surface area contributed by atoms with E-state index >= 15 is 0 Å². The van der Waals surface area contributed by atoms with Gasteiger partial charge in [0.15, 0.2) is 5.69 Å². The van der Waals surface area contributed by atoms with Crippen molar-refractivity contribution < 1.29 is 14.6 Å². The predicted octanol–water partition coefficient (Wildman–Crippen LogP) is 2.89. The molecule has 1 aromatic heterocycles. The minimum absolute atomic E-state index is 0.108. The zero-order valence-corrected chi connectivity index (χ0v) is 16.6. The van der Waals surface area contributed by atoms with Crippen LogP contribution in [0.5, 0.6) is 5.75 Å². The Hall–Kier alpha value is -3.61. The van der Waals surface area contributed by atoms with Crippen LogP contribution < -0.4 is 10.5 Å². The van der Waals surface area contributed by atoms with E-state index < -0.39 is 23.0 Å². The van der Waals surface area contributed by atoms with E-state index in [0.29, 0.717) is 0 Å². The summed E-state index contributed by atoms with van der Waals surface area (Å²) in [4.78, 5) is 30.8. The van der Waals surface area contributed by atoms with E-state index in [1.165, 1.54) is 11.6 Å². The maximum atomic E-state index is 12.6. The van der Waals surface area contributed by atoms with Gasteiger partial charge in [-0.15, -0.1) is 0 Å².